The van der Waals surface area contributed by atoms with Crippen LogP contribution < -0.4 is 10.4 Å². The third kappa shape index (κ3) is 8.32. The molecular weight excluding hydrogens is 689 g/mol. The third-order valence-corrected chi connectivity index (χ3v) is 14.3. The quantitative estimate of drug-likeness (QED) is 0.0999. The summed E-state index contributed by atoms with van der Waals surface area (Å²) in [6.45, 7) is 6.17. The highest BCUT2D eigenvalue weighted by Gasteiger charge is 2.55. The molecule has 0 unspecified atom stereocenters. The van der Waals surface area contributed by atoms with Crippen LogP contribution in [0.15, 0.2) is 152 Å². The molecule has 10 heteroatoms. The Balaban J connectivity index is 1.43. The number of carbonyl (C=O) groups excluding carboxylic acids is 3. The van der Waals surface area contributed by atoms with Crippen LogP contribution in [0, 0.1) is 0 Å². The van der Waals surface area contributed by atoms with E-state index in [1.807, 2.05) is 60.7 Å². The second-order valence-corrected chi connectivity index (χ2v) is 18.1. The predicted molar refractivity (Wildman–Crippen MR) is 201 cm³/mol. The minimum absolute atomic E-state index is 0.185. The Morgan fingerprint density at radius 1 is 0.547 bits per heavy atom. The van der Waals surface area contributed by atoms with Crippen molar-refractivity contribution in [2.75, 3.05) is 6.61 Å². The molecule has 0 aliphatic carbocycles. The number of carbonyl (C=O) groups is 3. The van der Waals surface area contributed by atoms with Gasteiger partial charge in [0.1, 0.15) is 6.10 Å². The fourth-order valence-electron chi connectivity index (χ4n) is 6.70. The van der Waals surface area contributed by atoms with Crippen molar-refractivity contribution >= 4 is 36.6 Å². The molecule has 1 aliphatic heterocycles. The van der Waals surface area contributed by atoms with Crippen LogP contribution in [0.2, 0.25) is 5.04 Å². The first-order chi connectivity index (χ1) is 25.6. The van der Waals surface area contributed by atoms with Crippen LogP contribution in [-0.4, -0.2) is 68.6 Å². The van der Waals surface area contributed by atoms with Gasteiger partial charge in [-0.3, -0.25) is 0 Å². The molecule has 0 radical (unpaired) electrons. The van der Waals surface area contributed by atoms with E-state index >= 15 is 0 Å². The van der Waals surface area contributed by atoms with Crippen LogP contribution in [0.3, 0.4) is 0 Å². The van der Waals surface area contributed by atoms with Gasteiger partial charge in [0.15, 0.2) is 24.6 Å². The van der Waals surface area contributed by atoms with Crippen molar-refractivity contribution in [1.82, 2.24) is 0 Å². The molecule has 0 aromatic heterocycles. The summed E-state index contributed by atoms with van der Waals surface area (Å²) in [5.74, 6) is -2.31. The fourth-order valence-corrected chi connectivity index (χ4v) is 11.3. The smallest absolute Gasteiger partial charge is 0.338 e. The Morgan fingerprint density at radius 2 is 0.887 bits per heavy atom. The van der Waals surface area contributed by atoms with Gasteiger partial charge in [-0.25, -0.2) is 14.4 Å². The lowest BCUT2D eigenvalue weighted by atomic mass is 9.98. The van der Waals surface area contributed by atoms with Crippen LogP contribution in [0.4, 0.5) is 0 Å². The average molecular weight is 731 g/mol. The van der Waals surface area contributed by atoms with Crippen molar-refractivity contribution in [2.45, 2.75) is 56.5 Å². The van der Waals surface area contributed by atoms with E-state index in [-0.39, 0.29) is 23.3 Å². The normalized spacial score (nSPS) is 20.2. The summed E-state index contributed by atoms with van der Waals surface area (Å²) in [6, 6.07) is 44.6. The molecule has 272 valence electrons. The average Bonchev–Trinajstić information content (AvgIpc) is 3.18. The van der Waals surface area contributed by atoms with Crippen molar-refractivity contribution < 1.29 is 42.9 Å². The van der Waals surface area contributed by atoms with Crippen molar-refractivity contribution in [3.63, 3.8) is 0 Å². The van der Waals surface area contributed by atoms with Crippen LogP contribution in [-0.2, 0) is 23.4 Å². The lowest BCUT2D eigenvalue weighted by Gasteiger charge is -2.46. The number of aliphatic hydroxyl groups is 1. The minimum Gasteiger partial charge on any atom is -0.452 e. The monoisotopic (exact) mass is 730 g/mol. The number of benzene rings is 5. The van der Waals surface area contributed by atoms with E-state index < -0.39 is 62.0 Å². The maximum atomic E-state index is 13.8. The molecule has 0 bridgehead atoms. The summed E-state index contributed by atoms with van der Waals surface area (Å²) in [5, 5.41) is 13.2. The van der Waals surface area contributed by atoms with E-state index in [2.05, 4.69) is 20.8 Å². The zero-order valence-electron chi connectivity index (χ0n) is 29.7. The molecular formula is C43H42O9Si. The summed E-state index contributed by atoms with van der Waals surface area (Å²) < 4.78 is 31.4. The standard InChI is InChI=1S/C43H42O9Si/c1-43(2,3)53(33-25-15-7-16-26-33,34-27-17-8-18-28-34)48-29-35-36(50-39(44)30-19-9-4-10-20-30)37(51-40(45)31-21-11-5-12-22-31)38(42(47)49-35)52-41(46)32-23-13-6-14-24-32/h4-28,35-38,42,47H,29H2,1-3H3/t35-,36-,37+,38-,42-/m1/s1. The summed E-state index contributed by atoms with van der Waals surface area (Å²) in [6.07, 6.45) is -7.48. The molecule has 0 amide bonds. The molecule has 1 fully saturated rings. The Morgan fingerprint density at radius 3 is 1.26 bits per heavy atom. The van der Waals surface area contributed by atoms with Crippen molar-refractivity contribution in [1.29, 1.82) is 0 Å². The zero-order chi connectivity index (χ0) is 37.4. The number of hydrogen-bond donors (Lipinski definition) is 1. The van der Waals surface area contributed by atoms with Crippen molar-refractivity contribution in [2.24, 2.45) is 0 Å². The molecule has 5 aromatic rings. The minimum atomic E-state index is -3.18. The van der Waals surface area contributed by atoms with E-state index in [1.165, 1.54) is 0 Å². The van der Waals surface area contributed by atoms with Gasteiger partial charge in [-0.05, 0) is 51.8 Å². The van der Waals surface area contributed by atoms with Gasteiger partial charge in [-0.1, -0.05) is 136 Å². The van der Waals surface area contributed by atoms with Crippen molar-refractivity contribution in [3.05, 3.63) is 168 Å². The largest absolute Gasteiger partial charge is 0.452 e. The molecule has 1 heterocycles. The maximum Gasteiger partial charge on any atom is 0.338 e. The first-order valence-electron chi connectivity index (χ1n) is 17.4. The number of rotatable bonds is 11. The molecule has 6 rings (SSSR count). The molecule has 0 spiro atoms. The van der Waals surface area contributed by atoms with Gasteiger partial charge >= 0.3 is 17.9 Å². The Kier molecular flexibility index (Phi) is 11.6. The molecule has 5 atom stereocenters. The van der Waals surface area contributed by atoms with E-state index in [9.17, 15) is 19.5 Å². The topological polar surface area (TPSA) is 118 Å². The van der Waals surface area contributed by atoms with Gasteiger partial charge in [0.2, 0.25) is 0 Å². The van der Waals surface area contributed by atoms with Crippen LogP contribution in [0.1, 0.15) is 51.8 Å². The Bertz CT molecular complexity index is 1910. The molecule has 1 N–H and O–H groups in total. The highest BCUT2D eigenvalue weighted by atomic mass is 28.4. The molecule has 53 heavy (non-hydrogen) atoms. The molecule has 9 nitrogen and oxygen atoms in total. The number of ether oxygens (including phenoxy) is 4. The molecule has 0 saturated carbocycles. The number of aliphatic hydroxyl groups excluding tert-OH is 1. The Labute approximate surface area is 310 Å². The summed E-state index contributed by atoms with van der Waals surface area (Å²) >= 11 is 0. The fraction of sp³-hybridized carbons (Fsp3) is 0.233. The highest BCUT2D eigenvalue weighted by Crippen LogP contribution is 2.38. The van der Waals surface area contributed by atoms with Crippen LogP contribution in [0.5, 0.6) is 0 Å². The summed E-state index contributed by atoms with van der Waals surface area (Å²) in [5.41, 5.74) is 0.633. The van der Waals surface area contributed by atoms with Gasteiger partial charge in [0.05, 0.1) is 23.3 Å². The lowest BCUT2D eigenvalue weighted by molar-refractivity contribution is -0.283. The lowest BCUT2D eigenvalue weighted by Crippen LogP contribution is -2.68. The third-order valence-electron chi connectivity index (χ3n) is 9.25. The van der Waals surface area contributed by atoms with Gasteiger partial charge in [-0.15, -0.1) is 0 Å². The summed E-state index contributed by atoms with van der Waals surface area (Å²) in [7, 11) is -3.18. The second kappa shape index (κ2) is 16.5. The van der Waals surface area contributed by atoms with Crippen molar-refractivity contribution in [3.8, 4) is 0 Å². The SMILES string of the molecule is CC(C)(C)[Si](OC[C@H]1O[C@@H](O)[C@H](OC(=O)c2ccccc2)[C@@H](OC(=O)c2ccccc2)[C@@H]1OC(=O)c1ccccc1)(c1ccccc1)c1ccccc1. The molecule has 1 aliphatic rings. The highest BCUT2D eigenvalue weighted by molar-refractivity contribution is 6.99. The maximum absolute atomic E-state index is 13.8. The first kappa shape index (κ1) is 37.4. The number of hydrogen-bond acceptors (Lipinski definition) is 9. The predicted octanol–water partition coefficient (Wildman–Crippen LogP) is 5.96. The van der Waals surface area contributed by atoms with Gasteiger partial charge in [0, 0.05) is 0 Å². The Hall–Kier alpha value is -5.39. The zero-order valence-corrected chi connectivity index (χ0v) is 30.7. The number of esters is 3. The van der Waals surface area contributed by atoms with Crippen LogP contribution in [0.25, 0.3) is 0 Å². The second-order valence-electron chi connectivity index (χ2n) is 13.7. The molecule has 1 saturated heterocycles. The van der Waals surface area contributed by atoms with E-state index in [4.69, 9.17) is 23.4 Å². The van der Waals surface area contributed by atoms with E-state index in [0.717, 1.165) is 10.4 Å². The van der Waals surface area contributed by atoms with Gasteiger partial charge in [-0.2, -0.15) is 0 Å². The van der Waals surface area contributed by atoms with E-state index in [1.54, 1.807) is 91.0 Å². The van der Waals surface area contributed by atoms with Crippen LogP contribution >= 0.6 is 0 Å². The van der Waals surface area contributed by atoms with Gasteiger partial charge < -0.3 is 28.5 Å². The summed E-state index contributed by atoms with van der Waals surface area (Å²) in [4.78, 5) is 40.9. The first-order valence-corrected chi connectivity index (χ1v) is 19.4. The van der Waals surface area contributed by atoms with E-state index in [0.29, 0.717) is 0 Å². The van der Waals surface area contributed by atoms with Gasteiger partial charge in [0.25, 0.3) is 8.32 Å². The molecule has 5 aromatic carbocycles.